The normalized spacial score (nSPS) is 16.1. The van der Waals surface area contributed by atoms with Crippen molar-refractivity contribution >= 4 is 29.0 Å². The molecule has 0 bridgehead atoms. The number of aromatic amines is 1. The average molecular weight is 515 g/mol. The summed E-state index contributed by atoms with van der Waals surface area (Å²) in [5, 5.41) is 14.8. The molecule has 3 aromatic heterocycles. The number of methoxy groups -OCH3 is 1. The van der Waals surface area contributed by atoms with Crippen LogP contribution in [-0.4, -0.2) is 75.1 Å². The van der Waals surface area contributed by atoms with E-state index in [-0.39, 0.29) is 31.7 Å². The molecule has 1 aliphatic heterocycles. The van der Waals surface area contributed by atoms with Gasteiger partial charge in [-0.1, -0.05) is 30.3 Å². The maximum absolute atomic E-state index is 14.3. The number of aryl methyl sites for hydroxylation is 1. The number of anilines is 3. The highest BCUT2D eigenvalue weighted by atomic mass is 19.4. The summed E-state index contributed by atoms with van der Waals surface area (Å²) in [6.07, 6.45) is -3.18. The van der Waals surface area contributed by atoms with E-state index < -0.39 is 17.7 Å². The Morgan fingerprint density at radius 2 is 1.81 bits per heavy atom. The monoisotopic (exact) mass is 514 g/mol. The number of aromatic nitrogens is 5. The van der Waals surface area contributed by atoms with Gasteiger partial charge >= 0.3 is 6.18 Å². The molecular formula is C24H25F3N8O2. The summed E-state index contributed by atoms with van der Waals surface area (Å²) in [6, 6.07) is 12.5. The van der Waals surface area contributed by atoms with Gasteiger partial charge in [0.2, 0.25) is 5.95 Å². The first-order chi connectivity index (χ1) is 17.7. The van der Waals surface area contributed by atoms with E-state index in [1.807, 2.05) is 30.0 Å². The molecule has 1 fully saturated rings. The number of piperazine rings is 1. The summed E-state index contributed by atoms with van der Waals surface area (Å²) in [7, 11) is 0.907. The molecule has 0 radical (unpaired) electrons. The molecule has 37 heavy (non-hydrogen) atoms. The number of alkyl halides is 3. The fraction of sp³-hybridized carbons (Fsp3) is 0.333. The van der Waals surface area contributed by atoms with Gasteiger partial charge in [0.15, 0.2) is 11.6 Å². The molecule has 1 saturated heterocycles. The van der Waals surface area contributed by atoms with Gasteiger partial charge in [0.1, 0.15) is 5.52 Å². The van der Waals surface area contributed by atoms with E-state index in [2.05, 4.69) is 25.6 Å². The molecule has 2 N–H and O–H groups in total. The van der Waals surface area contributed by atoms with Gasteiger partial charge in [-0.25, -0.2) is 4.52 Å². The zero-order valence-corrected chi connectivity index (χ0v) is 20.2. The SMILES string of the molecule is CO[C@](C(=O)N1CCN(c2nc(Nc3cc(C)[nH]n3)c3cccn3n2)CC1)(c1ccccc1)C(F)(F)F. The smallest absolute Gasteiger partial charge is 0.356 e. The molecular weight excluding hydrogens is 489 g/mol. The number of carbonyl (C=O) groups excluding carboxylic acids is 1. The van der Waals surface area contributed by atoms with Gasteiger partial charge in [0.25, 0.3) is 11.5 Å². The molecule has 4 heterocycles. The number of rotatable bonds is 6. The fourth-order valence-corrected chi connectivity index (χ4v) is 4.49. The summed E-state index contributed by atoms with van der Waals surface area (Å²) < 4.78 is 49.6. The predicted molar refractivity (Wildman–Crippen MR) is 130 cm³/mol. The van der Waals surface area contributed by atoms with Crippen LogP contribution in [0.1, 0.15) is 11.3 Å². The molecule has 1 atom stereocenters. The van der Waals surface area contributed by atoms with Gasteiger partial charge in [-0.3, -0.25) is 9.89 Å². The highest BCUT2D eigenvalue weighted by Crippen LogP contribution is 2.43. The second-order valence-electron chi connectivity index (χ2n) is 8.69. The molecule has 4 aromatic rings. The number of hydrogen-bond donors (Lipinski definition) is 2. The second kappa shape index (κ2) is 9.39. The van der Waals surface area contributed by atoms with E-state index >= 15 is 0 Å². The van der Waals surface area contributed by atoms with Crippen molar-refractivity contribution in [1.82, 2.24) is 29.7 Å². The first kappa shape index (κ1) is 24.6. The third kappa shape index (κ3) is 4.35. The Morgan fingerprint density at radius 1 is 1.08 bits per heavy atom. The summed E-state index contributed by atoms with van der Waals surface area (Å²) in [5.41, 5.74) is -1.74. The zero-order chi connectivity index (χ0) is 26.2. The van der Waals surface area contributed by atoms with Gasteiger partial charge in [-0.05, 0) is 19.1 Å². The molecule has 1 aliphatic rings. The van der Waals surface area contributed by atoms with Crippen molar-refractivity contribution in [3.8, 4) is 0 Å². The average Bonchev–Trinajstić information content (AvgIpc) is 3.53. The van der Waals surface area contributed by atoms with Gasteiger partial charge in [0, 0.05) is 56.8 Å². The van der Waals surface area contributed by atoms with Gasteiger partial charge in [-0.2, -0.15) is 23.3 Å². The van der Waals surface area contributed by atoms with E-state index in [9.17, 15) is 18.0 Å². The maximum atomic E-state index is 14.3. The zero-order valence-electron chi connectivity index (χ0n) is 20.2. The van der Waals surface area contributed by atoms with Crippen LogP contribution in [0.25, 0.3) is 5.52 Å². The quantitative estimate of drug-likeness (QED) is 0.407. The molecule has 1 aromatic carbocycles. The van der Waals surface area contributed by atoms with E-state index in [1.54, 1.807) is 16.8 Å². The minimum atomic E-state index is -4.95. The number of carbonyl (C=O) groups is 1. The number of nitrogens with one attached hydrogen (secondary N) is 2. The lowest BCUT2D eigenvalue weighted by Crippen LogP contribution is -2.60. The number of fused-ring (bicyclic) bond motifs is 1. The predicted octanol–water partition coefficient (Wildman–Crippen LogP) is 3.26. The van der Waals surface area contributed by atoms with Crippen LogP contribution in [-0.2, 0) is 15.1 Å². The third-order valence-corrected chi connectivity index (χ3v) is 6.37. The molecule has 0 unspecified atom stereocenters. The Kier molecular flexibility index (Phi) is 6.23. The van der Waals surface area contributed by atoms with Crippen molar-refractivity contribution in [2.75, 3.05) is 43.5 Å². The van der Waals surface area contributed by atoms with Gasteiger partial charge in [-0.15, -0.1) is 5.10 Å². The fourth-order valence-electron chi connectivity index (χ4n) is 4.49. The molecule has 10 nitrogen and oxygen atoms in total. The van der Waals surface area contributed by atoms with Gasteiger partial charge in [0.05, 0.1) is 0 Å². The lowest BCUT2D eigenvalue weighted by molar-refractivity contribution is -0.270. The number of benzene rings is 1. The van der Waals surface area contributed by atoms with Crippen LogP contribution >= 0.6 is 0 Å². The Labute approximate surface area is 210 Å². The Balaban J connectivity index is 1.38. The first-order valence-electron chi connectivity index (χ1n) is 11.6. The van der Waals surface area contributed by atoms with Crippen LogP contribution in [0.4, 0.5) is 30.8 Å². The third-order valence-electron chi connectivity index (χ3n) is 6.37. The van der Waals surface area contributed by atoms with Crippen molar-refractivity contribution in [2.45, 2.75) is 18.7 Å². The highest BCUT2D eigenvalue weighted by molar-refractivity contribution is 5.88. The number of halogens is 3. The molecule has 0 saturated carbocycles. The molecule has 0 aliphatic carbocycles. The van der Waals surface area contributed by atoms with Crippen molar-refractivity contribution in [1.29, 1.82) is 0 Å². The molecule has 1 amide bonds. The minimum Gasteiger partial charge on any atom is -0.356 e. The van der Waals surface area contributed by atoms with Crippen LogP contribution in [0.3, 0.4) is 0 Å². The second-order valence-corrected chi connectivity index (χ2v) is 8.69. The van der Waals surface area contributed by atoms with E-state index in [4.69, 9.17) is 4.74 Å². The summed E-state index contributed by atoms with van der Waals surface area (Å²) in [5.74, 6) is 0.345. The largest absolute Gasteiger partial charge is 0.430 e. The van der Waals surface area contributed by atoms with Crippen LogP contribution in [0.5, 0.6) is 0 Å². The molecule has 194 valence electrons. The Hall–Kier alpha value is -4.13. The maximum Gasteiger partial charge on any atom is 0.430 e. The summed E-state index contributed by atoms with van der Waals surface area (Å²) in [4.78, 5) is 21.0. The van der Waals surface area contributed by atoms with E-state index in [0.717, 1.165) is 18.3 Å². The number of H-pyrrole nitrogens is 1. The van der Waals surface area contributed by atoms with Crippen LogP contribution in [0, 0.1) is 6.92 Å². The molecule has 13 heteroatoms. The van der Waals surface area contributed by atoms with Crippen LogP contribution < -0.4 is 10.2 Å². The number of amides is 1. The minimum absolute atomic E-state index is 0.0429. The van der Waals surface area contributed by atoms with Crippen molar-refractivity contribution in [3.63, 3.8) is 0 Å². The van der Waals surface area contributed by atoms with Crippen LogP contribution in [0.2, 0.25) is 0 Å². The molecule has 5 rings (SSSR count). The Morgan fingerprint density at radius 3 is 2.43 bits per heavy atom. The number of ether oxygens (including phenoxy) is 1. The van der Waals surface area contributed by atoms with Gasteiger partial charge < -0.3 is 19.9 Å². The van der Waals surface area contributed by atoms with E-state index in [1.165, 1.54) is 29.2 Å². The van der Waals surface area contributed by atoms with Crippen molar-refractivity contribution in [3.05, 3.63) is 66.0 Å². The topological polar surface area (TPSA) is 104 Å². The lowest BCUT2D eigenvalue weighted by Gasteiger charge is -2.41. The first-order valence-corrected chi connectivity index (χ1v) is 11.6. The lowest BCUT2D eigenvalue weighted by atomic mass is 9.90. The summed E-state index contributed by atoms with van der Waals surface area (Å²) >= 11 is 0. The van der Waals surface area contributed by atoms with Crippen molar-refractivity contribution in [2.24, 2.45) is 0 Å². The van der Waals surface area contributed by atoms with Crippen LogP contribution in [0.15, 0.2) is 54.7 Å². The Bertz CT molecular complexity index is 1400. The highest BCUT2D eigenvalue weighted by Gasteiger charge is 2.63. The summed E-state index contributed by atoms with van der Waals surface area (Å²) in [6.45, 7) is 2.45. The standard InChI is InChI=1S/C24H25F3N8O2/c1-16-15-19(31-30-16)28-20-18-9-6-10-35(18)32-22(29-20)34-13-11-33(12-14-34)21(36)23(37-2,24(25,26)27)17-7-4-3-5-8-17/h3-10,15H,11-14H2,1-2H3,(H2,28,29,30,31,32)/t23-/m0/s1. The number of hydrogen-bond acceptors (Lipinski definition) is 7. The molecule has 0 spiro atoms. The van der Waals surface area contributed by atoms with E-state index in [0.29, 0.717) is 17.6 Å². The number of nitrogens with zero attached hydrogens (tertiary/aromatic N) is 6. The van der Waals surface area contributed by atoms with Crippen molar-refractivity contribution < 1.29 is 22.7 Å².